The van der Waals surface area contributed by atoms with Gasteiger partial charge < -0.3 is 15.4 Å². The van der Waals surface area contributed by atoms with Gasteiger partial charge in [-0.25, -0.2) is 0 Å². The SMILES string of the molecule is CCNC(=O)c1ccc(NC(=O)C(C)Oc2cccc(C(C)C)c2)cc1. The van der Waals surface area contributed by atoms with Crippen LogP contribution in [0.15, 0.2) is 48.5 Å². The van der Waals surface area contributed by atoms with E-state index < -0.39 is 6.10 Å². The summed E-state index contributed by atoms with van der Waals surface area (Å²) in [5.74, 6) is 0.689. The number of nitrogens with one attached hydrogen (secondary N) is 2. The number of carbonyl (C=O) groups excluding carboxylic acids is 2. The topological polar surface area (TPSA) is 67.4 Å². The van der Waals surface area contributed by atoms with Gasteiger partial charge in [0.25, 0.3) is 11.8 Å². The summed E-state index contributed by atoms with van der Waals surface area (Å²) >= 11 is 0. The smallest absolute Gasteiger partial charge is 0.265 e. The Morgan fingerprint density at radius 3 is 2.35 bits per heavy atom. The molecule has 2 N–H and O–H groups in total. The van der Waals surface area contributed by atoms with Crippen LogP contribution in [0, 0.1) is 0 Å². The highest BCUT2D eigenvalue weighted by Gasteiger charge is 2.15. The van der Waals surface area contributed by atoms with Crippen LogP contribution in [0.5, 0.6) is 5.75 Å². The summed E-state index contributed by atoms with van der Waals surface area (Å²) in [5, 5.41) is 5.54. The number of amides is 2. The van der Waals surface area contributed by atoms with Gasteiger partial charge >= 0.3 is 0 Å². The molecule has 1 unspecified atom stereocenters. The van der Waals surface area contributed by atoms with E-state index in [9.17, 15) is 9.59 Å². The number of hydrogen-bond acceptors (Lipinski definition) is 3. The van der Waals surface area contributed by atoms with E-state index in [0.29, 0.717) is 29.5 Å². The highest BCUT2D eigenvalue weighted by atomic mass is 16.5. The van der Waals surface area contributed by atoms with Crippen LogP contribution < -0.4 is 15.4 Å². The second-order valence-corrected chi connectivity index (χ2v) is 6.41. The average molecular weight is 354 g/mol. The molecule has 5 nitrogen and oxygen atoms in total. The molecule has 0 spiro atoms. The number of ether oxygens (including phenoxy) is 1. The lowest BCUT2D eigenvalue weighted by Gasteiger charge is -2.16. The van der Waals surface area contributed by atoms with Gasteiger partial charge in [-0.2, -0.15) is 0 Å². The van der Waals surface area contributed by atoms with Crippen LogP contribution in [-0.2, 0) is 4.79 Å². The first-order valence-corrected chi connectivity index (χ1v) is 8.86. The first-order chi connectivity index (χ1) is 12.4. The summed E-state index contributed by atoms with van der Waals surface area (Å²) < 4.78 is 5.76. The van der Waals surface area contributed by atoms with Gasteiger partial charge in [0, 0.05) is 17.8 Å². The molecule has 2 aromatic carbocycles. The Kier molecular flexibility index (Phi) is 6.78. The lowest BCUT2D eigenvalue weighted by atomic mass is 10.0. The Morgan fingerprint density at radius 1 is 1.04 bits per heavy atom. The van der Waals surface area contributed by atoms with Gasteiger partial charge in [-0.1, -0.05) is 26.0 Å². The fourth-order valence-corrected chi connectivity index (χ4v) is 2.42. The number of rotatable bonds is 7. The molecule has 26 heavy (non-hydrogen) atoms. The summed E-state index contributed by atoms with van der Waals surface area (Å²) in [6, 6.07) is 14.5. The lowest BCUT2D eigenvalue weighted by Crippen LogP contribution is -2.30. The zero-order chi connectivity index (χ0) is 19.1. The Bertz CT molecular complexity index is 754. The van der Waals surface area contributed by atoms with Gasteiger partial charge in [0.1, 0.15) is 5.75 Å². The van der Waals surface area contributed by atoms with Crippen molar-refractivity contribution >= 4 is 17.5 Å². The van der Waals surface area contributed by atoms with E-state index in [2.05, 4.69) is 24.5 Å². The fraction of sp³-hybridized carbons (Fsp3) is 0.333. The molecule has 0 saturated heterocycles. The van der Waals surface area contributed by atoms with Crippen molar-refractivity contribution in [3.05, 3.63) is 59.7 Å². The molecule has 0 aliphatic heterocycles. The number of benzene rings is 2. The van der Waals surface area contributed by atoms with Gasteiger partial charge in [-0.05, 0) is 61.7 Å². The van der Waals surface area contributed by atoms with E-state index >= 15 is 0 Å². The van der Waals surface area contributed by atoms with E-state index in [0.717, 1.165) is 5.56 Å². The molecule has 0 heterocycles. The van der Waals surface area contributed by atoms with Gasteiger partial charge in [-0.15, -0.1) is 0 Å². The molecule has 0 aliphatic carbocycles. The third-order valence-electron chi connectivity index (χ3n) is 3.96. The molecule has 2 rings (SSSR count). The normalized spacial score (nSPS) is 11.7. The minimum atomic E-state index is -0.638. The molecular formula is C21H26N2O3. The van der Waals surface area contributed by atoms with Crippen molar-refractivity contribution in [2.45, 2.75) is 39.7 Å². The maximum Gasteiger partial charge on any atom is 0.265 e. The van der Waals surface area contributed by atoms with Gasteiger partial charge in [-0.3, -0.25) is 9.59 Å². The summed E-state index contributed by atoms with van der Waals surface area (Å²) in [7, 11) is 0. The molecule has 5 heteroatoms. The maximum absolute atomic E-state index is 12.3. The zero-order valence-electron chi connectivity index (χ0n) is 15.7. The third kappa shape index (κ3) is 5.34. The minimum Gasteiger partial charge on any atom is -0.481 e. The molecule has 138 valence electrons. The minimum absolute atomic E-state index is 0.132. The Balaban J connectivity index is 1.96. The predicted molar refractivity (Wildman–Crippen MR) is 104 cm³/mol. The van der Waals surface area contributed by atoms with E-state index in [1.807, 2.05) is 31.2 Å². The lowest BCUT2D eigenvalue weighted by molar-refractivity contribution is -0.122. The van der Waals surface area contributed by atoms with Crippen molar-refractivity contribution in [2.24, 2.45) is 0 Å². The highest BCUT2D eigenvalue weighted by molar-refractivity contribution is 5.96. The first kappa shape index (κ1) is 19.5. The van der Waals surface area contributed by atoms with Crippen LogP contribution in [0.1, 0.15) is 49.5 Å². The molecule has 0 bridgehead atoms. The molecular weight excluding hydrogens is 328 g/mol. The Labute approximate surface area is 154 Å². The zero-order valence-corrected chi connectivity index (χ0v) is 15.7. The van der Waals surface area contributed by atoms with Crippen LogP contribution in [0.4, 0.5) is 5.69 Å². The molecule has 0 aliphatic rings. The largest absolute Gasteiger partial charge is 0.481 e. The van der Waals surface area contributed by atoms with E-state index in [4.69, 9.17) is 4.74 Å². The predicted octanol–water partition coefficient (Wildman–Crippen LogP) is 3.97. The van der Waals surface area contributed by atoms with Crippen molar-refractivity contribution in [1.82, 2.24) is 5.32 Å². The molecule has 0 fully saturated rings. The quantitative estimate of drug-likeness (QED) is 0.791. The van der Waals surface area contributed by atoms with Crippen LogP contribution in [0.2, 0.25) is 0 Å². The van der Waals surface area contributed by atoms with Crippen molar-refractivity contribution < 1.29 is 14.3 Å². The number of carbonyl (C=O) groups is 2. The van der Waals surface area contributed by atoms with Crippen molar-refractivity contribution in [3.8, 4) is 5.75 Å². The number of hydrogen-bond donors (Lipinski definition) is 2. The van der Waals surface area contributed by atoms with E-state index in [-0.39, 0.29) is 11.8 Å². The van der Waals surface area contributed by atoms with Crippen molar-refractivity contribution in [3.63, 3.8) is 0 Å². The van der Waals surface area contributed by atoms with Crippen molar-refractivity contribution in [1.29, 1.82) is 0 Å². The molecule has 2 amide bonds. The van der Waals surface area contributed by atoms with Crippen LogP contribution in [-0.4, -0.2) is 24.5 Å². The van der Waals surface area contributed by atoms with Crippen LogP contribution >= 0.6 is 0 Å². The second-order valence-electron chi connectivity index (χ2n) is 6.41. The fourth-order valence-electron chi connectivity index (χ4n) is 2.42. The summed E-state index contributed by atoms with van der Waals surface area (Å²) in [6.45, 7) is 8.37. The van der Waals surface area contributed by atoms with Crippen LogP contribution in [0.3, 0.4) is 0 Å². The average Bonchev–Trinajstić information content (AvgIpc) is 2.62. The van der Waals surface area contributed by atoms with Crippen molar-refractivity contribution in [2.75, 3.05) is 11.9 Å². The summed E-state index contributed by atoms with van der Waals surface area (Å²) in [5.41, 5.74) is 2.34. The van der Waals surface area contributed by atoms with E-state index in [1.165, 1.54) is 0 Å². The van der Waals surface area contributed by atoms with Gasteiger partial charge in [0.05, 0.1) is 0 Å². The summed E-state index contributed by atoms with van der Waals surface area (Å²) in [4.78, 5) is 24.1. The van der Waals surface area contributed by atoms with Crippen LogP contribution in [0.25, 0.3) is 0 Å². The maximum atomic E-state index is 12.3. The molecule has 1 atom stereocenters. The molecule has 0 saturated carbocycles. The third-order valence-corrected chi connectivity index (χ3v) is 3.96. The molecule has 0 radical (unpaired) electrons. The Hall–Kier alpha value is -2.82. The molecule has 2 aromatic rings. The first-order valence-electron chi connectivity index (χ1n) is 8.86. The molecule has 0 aromatic heterocycles. The standard InChI is InChI=1S/C21H26N2O3/c1-5-22-21(25)16-9-11-18(12-10-16)23-20(24)15(4)26-19-8-6-7-17(13-19)14(2)3/h6-15H,5H2,1-4H3,(H,22,25)(H,23,24). The Morgan fingerprint density at radius 2 is 1.73 bits per heavy atom. The van der Waals surface area contributed by atoms with E-state index in [1.54, 1.807) is 31.2 Å². The number of anilines is 1. The summed E-state index contributed by atoms with van der Waals surface area (Å²) in [6.07, 6.45) is -0.638. The second kappa shape index (κ2) is 9.04. The van der Waals surface area contributed by atoms with Gasteiger partial charge in [0.2, 0.25) is 0 Å². The van der Waals surface area contributed by atoms with Gasteiger partial charge in [0.15, 0.2) is 6.10 Å². The highest BCUT2D eigenvalue weighted by Crippen LogP contribution is 2.21. The monoisotopic (exact) mass is 354 g/mol.